The van der Waals surface area contributed by atoms with E-state index in [1.165, 1.54) is 36.8 Å². The summed E-state index contributed by atoms with van der Waals surface area (Å²) in [5.74, 6) is 0.641. The van der Waals surface area contributed by atoms with Gasteiger partial charge < -0.3 is 10.1 Å². The number of aryl methyl sites for hydroxylation is 1. The second kappa shape index (κ2) is 6.06. The third-order valence-corrected chi connectivity index (χ3v) is 4.41. The van der Waals surface area contributed by atoms with E-state index in [9.17, 15) is 0 Å². The smallest absolute Gasteiger partial charge is 0.0865 e. The van der Waals surface area contributed by atoms with Gasteiger partial charge in [0.05, 0.1) is 6.10 Å². The predicted octanol–water partition coefficient (Wildman–Crippen LogP) is 3.47. The van der Waals surface area contributed by atoms with Gasteiger partial charge in [-0.05, 0) is 43.2 Å². The molecule has 0 amide bonds. The van der Waals surface area contributed by atoms with Crippen LogP contribution >= 0.6 is 0 Å². The van der Waals surface area contributed by atoms with Crippen LogP contribution in [0.3, 0.4) is 0 Å². The van der Waals surface area contributed by atoms with Gasteiger partial charge in [-0.25, -0.2) is 0 Å². The summed E-state index contributed by atoms with van der Waals surface area (Å²) in [5.41, 5.74) is 2.77. The molecule has 19 heavy (non-hydrogen) atoms. The van der Waals surface area contributed by atoms with Gasteiger partial charge in [0, 0.05) is 25.1 Å². The first-order chi connectivity index (χ1) is 9.36. The number of benzene rings is 1. The molecule has 104 valence electrons. The Morgan fingerprint density at radius 2 is 1.95 bits per heavy atom. The minimum absolute atomic E-state index is 0.297. The molecule has 1 saturated carbocycles. The van der Waals surface area contributed by atoms with E-state index in [1.54, 1.807) is 0 Å². The second-order valence-corrected chi connectivity index (χ2v) is 5.97. The van der Waals surface area contributed by atoms with E-state index in [-0.39, 0.29) is 0 Å². The maximum absolute atomic E-state index is 6.06. The van der Waals surface area contributed by atoms with Crippen LogP contribution in [0.2, 0.25) is 0 Å². The summed E-state index contributed by atoms with van der Waals surface area (Å²) in [6.07, 6.45) is 6.64. The normalized spacial score (nSPS) is 27.4. The molecule has 1 aromatic carbocycles. The first kappa shape index (κ1) is 13.1. The molecule has 1 aliphatic heterocycles. The van der Waals surface area contributed by atoms with E-state index in [2.05, 4.69) is 36.5 Å². The molecular weight excluding hydrogens is 234 g/mol. The number of nitrogens with one attached hydrogen (secondary N) is 1. The summed E-state index contributed by atoms with van der Waals surface area (Å²) in [6.45, 7) is 4.24. The molecule has 1 N–H and O–H groups in total. The van der Waals surface area contributed by atoms with Gasteiger partial charge >= 0.3 is 0 Å². The lowest BCUT2D eigenvalue weighted by atomic mass is 9.89. The van der Waals surface area contributed by atoms with Crippen molar-refractivity contribution in [2.24, 2.45) is 5.92 Å². The first-order valence-electron chi connectivity index (χ1n) is 7.80. The topological polar surface area (TPSA) is 21.3 Å². The Morgan fingerprint density at radius 3 is 2.63 bits per heavy atom. The lowest BCUT2D eigenvalue weighted by molar-refractivity contribution is -0.0278. The fourth-order valence-corrected chi connectivity index (χ4v) is 2.97. The predicted molar refractivity (Wildman–Crippen MR) is 78.3 cm³/mol. The van der Waals surface area contributed by atoms with Crippen LogP contribution in [-0.4, -0.2) is 19.2 Å². The quantitative estimate of drug-likeness (QED) is 0.874. The number of hydrogen-bond donors (Lipinski definition) is 1. The summed E-state index contributed by atoms with van der Waals surface area (Å²) < 4.78 is 6.06. The van der Waals surface area contributed by atoms with Crippen LogP contribution in [0.1, 0.15) is 49.8 Å². The molecule has 2 aliphatic rings. The van der Waals surface area contributed by atoms with Crippen molar-refractivity contribution in [3.63, 3.8) is 0 Å². The summed E-state index contributed by atoms with van der Waals surface area (Å²) in [6, 6.07) is 9.82. The molecule has 2 unspecified atom stereocenters. The highest BCUT2D eigenvalue weighted by Gasteiger charge is 2.29. The van der Waals surface area contributed by atoms with Gasteiger partial charge in [-0.3, -0.25) is 0 Å². The molecule has 0 radical (unpaired) electrons. The molecule has 1 aliphatic carbocycles. The minimum Gasteiger partial charge on any atom is -0.373 e. The SMILES string of the molecule is CCc1ccc(C2OCCCC2CNC2CC2)cc1. The van der Waals surface area contributed by atoms with Crippen LogP contribution in [0.15, 0.2) is 24.3 Å². The van der Waals surface area contributed by atoms with E-state index in [4.69, 9.17) is 4.74 Å². The Labute approximate surface area is 116 Å². The van der Waals surface area contributed by atoms with Crippen molar-refractivity contribution in [1.29, 1.82) is 0 Å². The highest BCUT2D eigenvalue weighted by molar-refractivity contribution is 5.25. The van der Waals surface area contributed by atoms with Gasteiger partial charge in [-0.2, -0.15) is 0 Å². The maximum Gasteiger partial charge on any atom is 0.0865 e. The van der Waals surface area contributed by atoms with Crippen molar-refractivity contribution in [1.82, 2.24) is 5.32 Å². The molecular formula is C17H25NO. The average Bonchev–Trinajstić information content (AvgIpc) is 3.30. The van der Waals surface area contributed by atoms with Crippen molar-refractivity contribution >= 4 is 0 Å². The van der Waals surface area contributed by atoms with Gasteiger partial charge in [0.2, 0.25) is 0 Å². The van der Waals surface area contributed by atoms with E-state index in [0.29, 0.717) is 12.0 Å². The van der Waals surface area contributed by atoms with Crippen molar-refractivity contribution in [3.05, 3.63) is 35.4 Å². The van der Waals surface area contributed by atoms with Crippen molar-refractivity contribution in [2.75, 3.05) is 13.2 Å². The molecule has 3 rings (SSSR count). The van der Waals surface area contributed by atoms with Crippen molar-refractivity contribution in [2.45, 2.75) is 51.2 Å². The second-order valence-electron chi connectivity index (χ2n) is 5.97. The summed E-state index contributed by atoms with van der Waals surface area (Å²) in [5, 5.41) is 3.67. The zero-order chi connectivity index (χ0) is 13.1. The average molecular weight is 259 g/mol. The monoisotopic (exact) mass is 259 g/mol. The number of ether oxygens (including phenoxy) is 1. The molecule has 1 aromatic rings. The number of rotatable bonds is 5. The van der Waals surface area contributed by atoms with Crippen LogP contribution in [0.4, 0.5) is 0 Å². The Kier molecular flexibility index (Phi) is 4.19. The third-order valence-electron chi connectivity index (χ3n) is 4.41. The molecule has 1 saturated heterocycles. The van der Waals surface area contributed by atoms with Crippen LogP contribution in [0.25, 0.3) is 0 Å². The standard InChI is InChI=1S/C17H25NO/c1-2-13-5-7-14(8-6-13)17-15(4-3-11-19-17)12-18-16-9-10-16/h5-8,15-18H,2-4,9-12H2,1H3. The molecule has 2 fully saturated rings. The third kappa shape index (κ3) is 3.37. The van der Waals surface area contributed by atoms with Crippen LogP contribution in [-0.2, 0) is 11.2 Å². The van der Waals surface area contributed by atoms with Crippen LogP contribution in [0.5, 0.6) is 0 Å². The van der Waals surface area contributed by atoms with E-state index < -0.39 is 0 Å². The van der Waals surface area contributed by atoms with Gasteiger partial charge in [0.1, 0.15) is 0 Å². The van der Waals surface area contributed by atoms with E-state index in [1.807, 2.05) is 0 Å². The van der Waals surface area contributed by atoms with Gasteiger partial charge in [0.25, 0.3) is 0 Å². The molecule has 2 heteroatoms. The van der Waals surface area contributed by atoms with E-state index >= 15 is 0 Å². The van der Waals surface area contributed by atoms with Crippen LogP contribution in [0, 0.1) is 5.92 Å². The highest BCUT2D eigenvalue weighted by Crippen LogP contribution is 2.34. The van der Waals surface area contributed by atoms with Crippen LogP contribution < -0.4 is 5.32 Å². The molecule has 2 atom stereocenters. The van der Waals surface area contributed by atoms with Crippen molar-refractivity contribution < 1.29 is 4.74 Å². The van der Waals surface area contributed by atoms with Gasteiger partial charge in [0.15, 0.2) is 0 Å². The lowest BCUT2D eigenvalue weighted by Gasteiger charge is -2.32. The summed E-state index contributed by atoms with van der Waals surface area (Å²) >= 11 is 0. The zero-order valence-corrected chi connectivity index (χ0v) is 11.9. The Bertz CT molecular complexity index is 396. The lowest BCUT2D eigenvalue weighted by Crippen LogP contribution is -2.32. The molecule has 1 heterocycles. The van der Waals surface area contributed by atoms with Gasteiger partial charge in [-0.15, -0.1) is 0 Å². The van der Waals surface area contributed by atoms with E-state index in [0.717, 1.165) is 25.6 Å². The summed E-state index contributed by atoms with van der Waals surface area (Å²) in [7, 11) is 0. The molecule has 0 spiro atoms. The minimum atomic E-state index is 0.297. The summed E-state index contributed by atoms with van der Waals surface area (Å²) in [4.78, 5) is 0. The fourth-order valence-electron chi connectivity index (χ4n) is 2.97. The Morgan fingerprint density at radius 1 is 1.16 bits per heavy atom. The largest absolute Gasteiger partial charge is 0.373 e. The van der Waals surface area contributed by atoms with Gasteiger partial charge in [-0.1, -0.05) is 31.2 Å². The molecule has 0 bridgehead atoms. The molecule has 2 nitrogen and oxygen atoms in total. The Hall–Kier alpha value is -0.860. The number of hydrogen-bond acceptors (Lipinski definition) is 2. The highest BCUT2D eigenvalue weighted by atomic mass is 16.5. The fraction of sp³-hybridized carbons (Fsp3) is 0.647. The Balaban J connectivity index is 1.66. The maximum atomic E-state index is 6.06. The molecule has 0 aromatic heterocycles. The van der Waals surface area contributed by atoms with Crippen molar-refractivity contribution in [3.8, 4) is 0 Å². The zero-order valence-electron chi connectivity index (χ0n) is 11.9. The first-order valence-corrected chi connectivity index (χ1v) is 7.80.